The first-order valence-corrected chi connectivity index (χ1v) is 12.6. The molecule has 4 nitrogen and oxygen atoms in total. The maximum atomic E-state index is 13.6. The molecule has 0 bridgehead atoms. The van der Waals surface area contributed by atoms with Crippen molar-refractivity contribution >= 4 is 11.8 Å². The van der Waals surface area contributed by atoms with Crippen LogP contribution in [0.15, 0.2) is 24.3 Å². The van der Waals surface area contributed by atoms with Gasteiger partial charge in [-0.25, -0.2) is 0 Å². The molecule has 0 spiro atoms. The van der Waals surface area contributed by atoms with Crippen molar-refractivity contribution in [2.75, 3.05) is 13.1 Å². The van der Waals surface area contributed by atoms with Crippen LogP contribution < -0.4 is 5.32 Å². The Bertz CT molecular complexity index is 657. The zero-order chi connectivity index (χ0) is 23.2. The van der Waals surface area contributed by atoms with E-state index in [9.17, 15) is 9.59 Å². The summed E-state index contributed by atoms with van der Waals surface area (Å²) in [5, 5.41) is 3.14. The van der Waals surface area contributed by atoms with Gasteiger partial charge in [-0.2, -0.15) is 0 Å². The monoisotopic (exact) mass is 432 g/mol. The molecule has 0 heterocycles. The second-order valence-electron chi connectivity index (χ2n) is 8.98. The van der Waals surface area contributed by atoms with Crippen LogP contribution in [0, 0.1) is 18.8 Å². The van der Waals surface area contributed by atoms with E-state index in [0.29, 0.717) is 19.0 Å². The number of nitrogens with zero attached hydrogens (tertiary/aromatic N) is 1. The van der Waals surface area contributed by atoms with Gasteiger partial charge >= 0.3 is 0 Å². The minimum absolute atomic E-state index is 0. The van der Waals surface area contributed by atoms with E-state index in [0.717, 1.165) is 56.1 Å². The van der Waals surface area contributed by atoms with Gasteiger partial charge in [0.05, 0.1) is 0 Å². The Morgan fingerprint density at radius 2 is 1.77 bits per heavy atom. The van der Waals surface area contributed by atoms with Gasteiger partial charge in [-0.1, -0.05) is 78.5 Å². The van der Waals surface area contributed by atoms with Crippen LogP contribution >= 0.6 is 0 Å². The first-order chi connectivity index (χ1) is 15.0. The second-order valence-corrected chi connectivity index (χ2v) is 8.98. The van der Waals surface area contributed by atoms with Crippen molar-refractivity contribution in [1.29, 1.82) is 0 Å². The van der Waals surface area contributed by atoms with Crippen molar-refractivity contribution < 1.29 is 11.0 Å². The number of unbranched alkanes of at least 4 members (excludes halogenated alkanes) is 1. The Morgan fingerprint density at radius 3 is 2.35 bits per heavy atom. The first kappa shape index (κ1) is 27.2. The summed E-state index contributed by atoms with van der Waals surface area (Å²) in [5.41, 5.74) is 1.69. The van der Waals surface area contributed by atoms with E-state index in [1.807, 2.05) is 49.9 Å². The third-order valence-electron chi connectivity index (χ3n) is 6.11. The first-order valence-electron chi connectivity index (χ1n) is 12.6. The highest BCUT2D eigenvalue weighted by molar-refractivity contribution is 5.98. The number of benzene rings is 1. The highest BCUT2D eigenvalue weighted by Gasteiger charge is 2.37. The summed E-state index contributed by atoms with van der Waals surface area (Å²) in [6.07, 6.45) is 8.53. The Labute approximate surface area is 192 Å². The SMILES string of the molecule is CC.CCCCNC(=O)C(C1CCCCC1)N(CCC(C)C)C(=O)c1ccccc1C.[HH]. The summed E-state index contributed by atoms with van der Waals surface area (Å²) in [6.45, 7) is 13.8. The number of amides is 2. The van der Waals surface area contributed by atoms with E-state index in [-0.39, 0.29) is 25.2 Å². The fourth-order valence-electron chi connectivity index (χ4n) is 4.28. The molecular weight excluding hydrogens is 384 g/mol. The third kappa shape index (κ3) is 8.66. The Morgan fingerprint density at radius 1 is 1.13 bits per heavy atom. The molecule has 1 atom stereocenters. The molecule has 1 unspecified atom stereocenters. The molecule has 0 saturated heterocycles. The number of carbonyl (C=O) groups excluding carboxylic acids is 2. The number of aryl methyl sites for hydroxylation is 1. The Kier molecular flexibility index (Phi) is 13.2. The van der Waals surface area contributed by atoms with Gasteiger partial charge in [0, 0.05) is 20.1 Å². The standard InChI is InChI=1S/C25H40N2O2.C2H6.H2/c1-5-6-17-26-24(28)23(21-13-8-7-9-14-21)27(18-16-19(2)3)25(29)22-15-11-10-12-20(22)4;1-2;/h10-12,15,19,21,23H,5-9,13-14,16-18H2,1-4H3,(H,26,28);1-2H3;1H. The fraction of sp³-hybridized carbons (Fsp3) is 0.704. The number of hydrogen-bond donors (Lipinski definition) is 1. The van der Waals surface area contributed by atoms with E-state index in [2.05, 4.69) is 26.1 Å². The van der Waals surface area contributed by atoms with Crippen molar-refractivity contribution in [1.82, 2.24) is 10.2 Å². The normalized spacial score (nSPS) is 15.1. The molecule has 1 aliphatic rings. The molecule has 1 fully saturated rings. The lowest BCUT2D eigenvalue weighted by molar-refractivity contribution is -0.128. The van der Waals surface area contributed by atoms with Crippen LogP contribution in [0.4, 0.5) is 0 Å². The zero-order valence-corrected chi connectivity index (χ0v) is 20.9. The second kappa shape index (κ2) is 15.0. The molecule has 0 radical (unpaired) electrons. The van der Waals surface area contributed by atoms with E-state index in [1.54, 1.807) is 0 Å². The maximum absolute atomic E-state index is 13.6. The van der Waals surface area contributed by atoms with Crippen molar-refractivity contribution in [2.45, 2.75) is 99.0 Å². The summed E-state index contributed by atoms with van der Waals surface area (Å²) in [6, 6.07) is 7.38. The summed E-state index contributed by atoms with van der Waals surface area (Å²) in [4.78, 5) is 28.9. The molecule has 0 aromatic heterocycles. The smallest absolute Gasteiger partial charge is 0.254 e. The van der Waals surface area contributed by atoms with Crippen LogP contribution in [0.25, 0.3) is 0 Å². The van der Waals surface area contributed by atoms with Gasteiger partial charge in [0.25, 0.3) is 5.91 Å². The van der Waals surface area contributed by atoms with E-state index >= 15 is 0 Å². The van der Waals surface area contributed by atoms with Gasteiger partial charge in [-0.05, 0) is 56.1 Å². The molecule has 4 heteroatoms. The minimum atomic E-state index is -0.363. The third-order valence-corrected chi connectivity index (χ3v) is 6.11. The molecule has 2 rings (SSSR count). The van der Waals surface area contributed by atoms with Crippen LogP contribution in [0.2, 0.25) is 0 Å². The number of rotatable bonds is 10. The van der Waals surface area contributed by atoms with Crippen molar-refractivity contribution in [3.8, 4) is 0 Å². The molecule has 0 aliphatic heterocycles. The van der Waals surface area contributed by atoms with Gasteiger partial charge in [0.1, 0.15) is 6.04 Å². The van der Waals surface area contributed by atoms with Crippen LogP contribution in [-0.4, -0.2) is 35.8 Å². The van der Waals surface area contributed by atoms with Gasteiger partial charge in [0.2, 0.25) is 5.91 Å². The van der Waals surface area contributed by atoms with Crippen LogP contribution in [0.5, 0.6) is 0 Å². The average Bonchev–Trinajstić information content (AvgIpc) is 2.78. The molecule has 31 heavy (non-hydrogen) atoms. The lowest BCUT2D eigenvalue weighted by atomic mass is 9.82. The molecule has 1 aliphatic carbocycles. The van der Waals surface area contributed by atoms with Gasteiger partial charge in [0.15, 0.2) is 0 Å². The molecule has 1 saturated carbocycles. The predicted molar refractivity (Wildman–Crippen MR) is 133 cm³/mol. The van der Waals surface area contributed by atoms with E-state index in [1.165, 1.54) is 6.42 Å². The largest absolute Gasteiger partial charge is 0.354 e. The lowest BCUT2D eigenvalue weighted by Crippen LogP contribution is -2.54. The van der Waals surface area contributed by atoms with Crippen LogP contribution in [0.3, 0.4) is 0 Å². The number of hydrogen-bond acceptors (Lipinski definition) is 2. The van der Waals surface area contributed by atoms with E-state index < -0.39 is 0 Å². The van der Waals surface area contributed by atoms with Crippen molar-refractivity contribution in [2.24, 2.45) is 11.8 Å². The quantitative estimate of drug-likeness (QED) is 0.422. The lowest BCUT2D eigenvalue weighted by Gasteiger charge is -2.38. The fourth-order valence-corrected chi connectivity index (χ4v) is 4.28. The van der Waals surface area contributed by atoms with Gasteiger partial charge < -0.3 is 10.2 Å². The average molecular weight is 433 g/mol. The minimum Gasteiger partial charge on any atom is -0.354 e. The molecule has 2 amide bonds. The predicted octanol–water partition coefficient (Wildman–Crippen LogP) is 6.62. The molecule has 1 aromatic rings. The summed E-state index contributed by atoms with van der Waals surface area (Å²) in [5.74, 6) is 0.781. The Balaban J connectivity index is 0.00000311. The molecular formula is C27H48N2O2. The summed E-state index contributed by atoms with van der Waals surface area (Å²) >= 11 is 0. The topological polar surface area (TPSA) is 49.4 Å². The van der Waals surface area contributed by atoms with Crippen LogP contribution in [0.1, 0.15) is 103 Å². The molecule has 178 valence electrons. The summed E-state index contributed by atoms with van der Waals surface area (Å²) in [7, 11) is 0. The summed E-state index contributed by atoms with van der Waals surface area (Å²) < 4.78 is 0. The Hall–Kier alpha value is -1.84. The zero-order valence-electron chi connectivity index (χ0n) is 20.9. The maximum Gasteiger partial charge on any atom is 0.254 e. The highest BCUT2D eigenvalue weighted by atomic mass is 16.2. The van der Waals surface area contributed by atoms with Gasteiger partial charge in [-0.3, -0.25) is 9.59 Å². The van der Waals surface area contributed by atoms with Crippen molar-refractivity contribution in [3.63, 3.8) is 0 Å². The highest BCUT2D eigenvalue weighted by Crippen LogP contribution is 2.31. The number of nitrogens with one attached hydrogen (secondary N) is 1. The number of carbonyl (C=O) groups is 2. The van der Waals surface area contributed by atoms with Gasteiger partial charge in [-0.15, -0.1) is 0 Å². The van der Waals surface area contributed by atoms with E-state index in [4.69, 9.17) is 0 Å². The van der Waals surface area contributed by atoms with Crippen molar-refractivity contribution in [3.05, 3.63) is 35.4 Å². The van der Waals surface area contributed by atoms with Crippen LogP contribution in [-0.2, 0) is 4.79 Å². The molecule has 1 N–H and O–H groups in total. The molecule has 1 aromatic carbocycles.